The molecule has 2 aromatic carbocycles. The van der Waals surface area contributed by atoms with Gasteiger partial charge in [-0.2, -0.15) is 0 Å². The van der Waals surface area contributed by atoms with E-state index in [9.17, 15) is 4.79 Å². The number of aliphatic hydroxyl groups excluding tert-OH is 1. The Morgan fingerprint density at radius 3 is 2.19 bits per heavy atom. The molecule has 4 heteroatoms. The summed E-state index contributed by atoms with van der Waals surface area (Å²) in [4.78, 5) is 12.2. The van der Waals surface area contributed by atoms with E-state index < -0.39 is 0 Å². The highest BCUT2D eigenvalue weighted by atomic mass is 16.5. The van der Waals surface area contributed by atoms with Gasteiger partial charge in [-0.3, -0.25) is 4.79 Å². The lowest BCUT2D eigenvalue weighted by Crippen LogP contribution is -2.09. The molecule has 0 aliphatic carbocycles. The first-order valence-electron chi connectivity index (χ1n) is 6.82. The van der Waals surface area contributed by atoms with Crippen molar-refractivity contribution in [1.82, 2.24) is 0 Å². The molecule has 0 aromatic heterocycles. The zero-order valence-corrected chi connectivity index (χ0v) is 11.7. The molecule has 0 unspecified atom stereocenters. The second kappa shape index (κ2) is 8.19. The maximum Gasteiger partial charge on any atom is 0.193 e. The summed E-state index contributed by atoms with van der Waals surface area (Å²) in [5.41, 5.74) is 1.30. The van der Waals surface area contributed by atoms with Crippen molar-refractivity contribution < 1.29 is 19.4 Å². The Labute approximate surface area is 123 Å². The van der Waals surface area contributed by atoms with Crippen molar-refractivity contribution in [2.75, 3.05) is 26.4 Å². The fraction of sp³-hybridized carbons (Fsp3) is 0.235. The first-order valence-corrected chi connectivity index (χ1v) is 6.82. The van der Waals surface area contributed by atoms with Gasteiger partial charge in [-0.05, 0) is 24.3 Å². The third-order valence-electron chi connectivity index (χ3n) is 2.88. The number of ketones is 1. The van der Waals surface area contributed by atoms with Crippen LogP contribution in [0.15, 0.2) is 54.6 Å². The summed E-state index contributed by atoms with van der Waals surface area (Å²) in [6.45, 7) is 1.15. The molecule has 0 atom stereocenters. The van der Waals surface area contributed by atoms with E-state index in [0.717, 1.165) is 0 Å². The van der Waals surface area contributed by atoms with Crippen LogP contribution in [0.4, 0.5) is 0 Å². The smallest absolute Gasteiger partial charge is 0.193 e. The number of hydrogen-bond donors (Lipinski definition) is 1. The number of benzene rings is 2. The Balaban J connectivity index is 1.88. The molecule has 4 nitrogen and oxygen atoms in total. The lowest BCUT2D eigenvalue weighted by atomic mass is 10.0. The Kier molecular flexibility index (Phi) is 5.94. The number of carbonyl (C=O) groups excluding carboxylic acids is 1. The molecule has 0 spiro atoms. The lowest BCUT2D eigenvalue weighted by Gasteiger charge is -2.07. The number of aliphatic hydroxyl groups is 1. The monoisotopic (exact) mass is 286 g/mol. The Bertz CT molecular complexity index is 549. The first-order chi connectivity index (χ1) is 10.3. The number of hydrogen-bond acceptors (Lipinski definition) is 4. The molecule has 0 saturated carbocycles. The van der Waals surface area contributed by atoms with E-state index in [1.54, 1.807) is 36.4 Å². The fourth-order valence-corrected chi connectivity index (χ4v) is 1.84. The van der Waals surface area contributed by atoms with Crippen LogP contribution in [0.5, 0.6) is 5.75 Å². The summed E-state index contributed by atoms with van der Waals surface area (Å²) >= 11 is 0. The van der Waals surface area contributed by atoms with Crippen LogP contribution in [-0.4, -0.2) is 37.3 Å². The third kappa shape index (κ3) is 4.70. The minimum atomic E-state index is -0.00608. The van der Waals surface area contributed by atoms with E-state index in [0.29, 0.717) is 36.7 Å². The number of ether oxygens (including phenoxy) is 2. The molecular formula is C17H18O4. The molecule has 0 aliphatic rings. The van der Waals surface area contributed by atoms with Gasteiger partial charge in [0.05, 0.1) is 19.8 Å². The molecule has 0 amide bonds. The van der Waals surface area contributed by atoms with Crippen LogP contribution in [0.25, 0.3) is 0 Å². The van der Waals surface area contributed by atoms with Crippen LogP contribution in [0.1, 0.15) is 15.9 Å². The lowest BCUT2D eigenvalue weighted by molar-refractivity contribution is 0.0705. The third-order valence-corrected chi connectivity index (χ3v) is 2.88. The molecule has 0 bridgehead atoms. The maximum atomic E-state index is 12.2. The van der Waals surface area contributed by atoms with E-state index in [1.807, 2.05) is 18.2 Å². The van der Waals surface area contributed by atoms with E-state index in [4.69, 9.17) is 14.6 Å². The van der Waals surface area contributed by atoms with Crippen molar-refractivity contribution in [1.29, 1.82) is 0 Å². The second-order valence-electron chi connectivity index (χ2n) is 4.40. The average Bonchev–Trinajstić information content (AvgIpc) is 2.55. The quantitative estimate of drug-likeness (QED) is 0.597. The van der Waals surface area contributed by atoms with Crippen molar-refractivity contribution in [3.63, 3.8) is 0 Å². The second-order valence-corrected chi connectivity index (χ2v) is 4.40. The van der Waals surface area contributed by atoms with Gasteiger partial charge in [0.15, 0.2) is 5.78 Å². The molecule has 0 fully saturated rings. The molecule has 2 rings (SSSR count). The molecule has 0 heterocycles. The van der Waals surface area contributed by atoms with E-state index in [-0.39, 0.29) is 12.4 Å². The van der Waals surface area contributed by atoms with Gasteiger partial charge in [0.1, 0.15) is 12.4 Å². The zero-order valence-electron chi connectivity index (χ0n) is 11.7. The van der Waals surface area contributed by atoms with Gasteiger partial charge in [-0.25, -0.2) is 0 Å². The Morgan fingerprint density at radius 2 is 1.52 bits per heavy atom. The molecule has 0 radical (unpaired) electrons. The summed E-state index contributed by atoms with van der Waals surface area (Å²) in [5, 5.41) is 8.56. The molecule has 21 heavy (non-hydrogen) atoms. The SMILES string of the molecule is O=C(c1ccccc1)c1ccc(OCCOCCO)cc1. The first kappa shape index (κ1) is 15.2. The van der Waals surface area contributed by atoms with Gasteiger partial charge in [-0.15, -0.1) is 0 Å². The topological polar surface area (TPSA) is 55.8 Å². The highest BCUT2D eigenvalue weighted by Gasteiger charge is 2.08. The molecule has 2 aromatic rings. The summed E-state index contributed by atoms with van der Waals surface area (Å²) in [6, 6.07) is 16.2. The minimum Gasteiger partial charge on any atom is -0.491 e. The van der Waals surface area contributed by atoms with Crippen LogP contribution >= 0.6 is 0 Å². The van der Waals surface area contributed by atoms with E-state index in [2.05, 4.69) is 0 Å². The number of rotatable bonds is 8. The fourth-order valence-electron chi connectivity index (χ4n) is 1.84. The van der Waals surface area contributed by atoms with Gasteiger partial charge in [-0.1, -0.05) is 30.3 Å². The zero-order chi connectivity index (χ0) is 14.9. The largest absolute Gasteiger partial charge is 0.491 e. The molecule has 110 valence electrons. The summed E-state index contributed by atoms with van der Waals surface area (Å²) in [5.74, 6) is 0.681. The normalized spacial score (nSPS) is 10.3. The molecule has 0 aliphatic heterocycles. The molecule has 1 N–H and O–H groups in total. The Morgan fingerprint density at radius 1 is 0.857 bits per heavy atom. The minimum absolute atomic E-state index is 0.00608. The van der Waals surface area contributed by atoms with E-state index in [1.165, 1.54) is 0 Å². The van der Waals surface area contributed by atoms with Crippen LogP contribution in [-0.2, 0) is 4.74 Å². The average molecular weight is 286 g/mol. The van der Waals surface area contributed by atoms with E-state index >= 15 is 0 Å². The van der Waals surface area contributed by atoms with Crippen LogP contribution in [0.3, 0.4) is 0 Å². The number of carbonyl (C=O) groups is 1. The van der Waals surface area contributed by atoms with Crippen LogP contribution in [0.2, 0.25) is 0 Å². The van der Waals surface area contributed by atoms with Crippen molar-refractivity contribution in [2.24, 2.45) is 0 Å². The van der Waals surface area contributed by atoms with Crippen molar-refractivity contribution >= 4 is 5.78 Å². The van der Waals surface area contributed by atoms with Crippen molar-refractivity contribution in [3.8, 4) is 5.75 Å². The van der Waals surface area contributed by atoms with Gasteiger partial charge in [0, 0.05) is 11.1 Å². The summed E-state index contributed by atoms with van der Waals surface area (Å²) < 4.78 is 10.6. The van der Waals surface area contributed by atoms with Gasteiger partial charge in [0.25, 0.3) is 0 Å². The molecule has 0 saturated heterocycles. The highest BCUT2D eigenvalue weighted by Crippen LogP contribution is 2.15. The summed E-state index contributed by atoms with van der Waals surface area (Å²) in [7, 11) is 0. The van der Waals surface area contributed by atoms with Crippen LogP contribution < -0.4 is 4.74 Å². The predicted molar refractivity (Wildman–Crippen MR) is 79.7 cm³/mol. The van der Waals surface area contributed by atoms with Crippen molar-refractivity contribution in [3.05, 3.63) is 65.7 Å². The van der Waals surface area contributed by atoms with Gasteiger partial charge in [0.2, 0.25) is 0 Å². The molecular weight excluding hydrogens is 268 g/mol. The van der Waals surface area contributed by atoms with Crippen molar-refractivity contribution in [2.45, 2.75) is 0 Å². The van der Waals surface area contributed by atoms with Crippen LogP contribution in [0, 0.1) is 0 Å². The Hall–Kier alpha value is -2.17. The summed E-state index contributed by atoms with van der Waals surface area (Å²) in [6.07, 6.45) is 0. The van der Waals surface area contributed by atoms with Gasteiger partial charge < -0.3 is 14.6 Å². The van der Waals surface area contributed by atoms with Gasteiger partial charge >= 0.3 is 0 Å². The predicted octanol–water partition coefficient (Wildman–Crippen LogP) is 2.31. The highest BCUT2D eigenvalue weighted by molar-refractivity contribution is 6.08. The standard InChI is InChI=1S/C17H18O4/c18-10-11-20-12-13-21-16-8-6-15(7-9-16)17(19)14-4-2-1-3-5-14/h1-9,18H,10-13H2. The maximum absolute atomic E-state index is 12.2.